The summed E-state index contributed by atoms with van der Waals surface area (Å²) in [5.74, 6) is 4.02. The summed E-state index contributed by atoms with van der Waals surface area (Å²) in [6.07, 6.45) is 8.68. The van der Waals surface area contributed by atoms with Crippen LogP contribution in [0.1, 0.15) is 31.2 Å². The lowest BCUT2D eigenvalue weighted by molar-refractivity contribution is 0.337. The maximum atomic E-state index is 5.70. The van der Waals surface area contributed by atoms with Crippen molar-refractivity contribution in [1.82, 2.24) is 4.98 Å². The quantitative estimate of drug-likeness (QED) is 0.883. The summed E-state index contributed by atoms with van der Waals surface area (Å²) in [6.45, 7) is 1.86. The second kappa shape index (κ2) is 5.49. The third-order valence-corrected chi connectivity index (χ3v) is 5.04. The molecule has 0 aliphatic heterocycles. The van der Waals surface area contributed by atoms with E-state index in [4.69, 9.17) is 5.73 Å². The van der Waals surface area contributed by atoms with Crippen LogP contribution in [0.15, 0.2) is 18.3 Å². The summed E-state index contributed by atoms with van der Waals surface area (Å²) in [7, 11) is 2.19. The maximum absolute atomic E-state index is 5.70. The van der Waals surface area contributed by atoms with Gasteiger partial charge in [-0.15, -0.1) is 0 Å². The van der Waals surface area contributed by atoms with Crippen LogP contribution in [0.25, 0.3) is 0 Å². The summed E-state index contributed by atoms with van der Waals surface area (Å²) in [6, 6.07) is 4.17. The fraction of sp³-hybridized carbons (Fsp3) is 0.688. The van der Waals surface area contributed by atoms with E-state index in [1.807, 2.05) is 12.3 Å². The molecule has 104 valence electrons. The summed E-state index contributed by atoms with van der Waals surface area (Å²) in [5.41, 5.74) is 6.98. The molecule has 3 rings (SSSR count). The van der Waals surface area contributed by atoms with Gasteiger partial charge in [0.1, 0.15) is 5.82 Å². The summed E-state index contributed by atoms with van der Waals surface area (Å²) < 4.78 is 0. The molecule has 3 nitrogen and oxygen atoms in total. The van der Waals surface area contributed by atoms with E-state index in [2.05, 4.69) is 23.0 Å². The molecular weight excluding hydrogens is 234 g/mol. The lowest BCUT2D eigenvalue weighted by Crippen LogP contribution is -2.30. The van der Waals surface area contributed by atoms with Crippen LogP contribution < -0.4 is 10.6 Å². The van der Waals surface area contributed by atoms with Crippen LogP contribution in [0.3, 0.4) is 0 Å². The van der Waals surface area contributed by atoms with Crippen LogP contribution in [0.5, 0.6) is 0 Å². The Morgan fingerprint density at radius 3 is 2.95 bits per heavy atom. The highest BCUT2D eigenvalue weighted by Crippen LogP contribution is 2.48. The van der Waals surface area contributed by atoms with Crippen molar-refractivity contribution in [2.24, 2.45) is 23.5 Å². The topological polar surface area (TPSA) is 42.2 Å². The molecule has 19 heavy (non-hydrogen) atoms. The number of hydrogen-bond donors (Lipinski definition) is 1. The van der Waals surface area contributed by atoms with Gasteiger partial charge in [-0.1, -0.05) is 12.5 Å². The van der Waals surface area contributed by atoms with Gasteiger partial charge in [-0.2, -0.15) is 0 Å². The highest BCUT2D eigenvalue weighted by molar-refractivity contribution is 5.46. The van der Waals surface area contributed by atoms with Gasteiger partial charge in [0.2, 0.25) is 0 Å². The van der Waals surface area contributed by atoms with E-state index in [0.29, 0.717) is 6.54 Å². The largest absolute Gasteiger partial charge is 0.359 e. The molecule has 2 N–H and O–H groups in total. The lowest BCUT2D eigenvalue weighted by atomic mass is 9.88. The van der Waals surface area contributed by atoms with Gasteiger partial charge in [0.15, 0.2) is 0 Å². The van der Waals surface area contributed by atoms with Gasteiger partial charge in [0.25, 0.3) is 0 Å². The first-order valence-electron chi connectivity index (χ1n) is 7.63. The van der Waals surface area contributed by atoms with E-state index in [-0.39, 0.29) is 0 Å². The van der Waals surface area contributed by atoms with Crippen molar-refractivity contribution in [3.05, 3.63) is 23.9 Å². The molecule has 0 radical (unpaired) electrons. The Bertz CT molecular complexity index is 432. The summed E-state index contributed by atoms with van der Waals surface area (Å²) in [5, 5.41) is 0. The molecule has 2 fully saturated rings. The molecule has 2 aliphatic rings. The zero-order chi connectivity index (χ0) is 13.2. The Labute approximate surface area is 116 Å². The molecule has 1 aromatic rings. The van der Waals surface area contributed by atoms with Crippen molar-refractivity contribution in [2.45, 2.75) is 32.1 Å². The van der Waals surface area contributed by atoms with E-state index in [1.165, 1.54) is 31.2 Å². The van der Waals surface area contributed by atoms with Gasteiger partial charge < -0.3 is 10.6 Å². The Kier molecular flexibility index (Phi) is 3.74. The molecule has 2 aliphatic carbocycles. The van der Waals surface area contributed by atoms with Crippen LogP contribution in [-0.2, 0) is 6.42 Å². The zero-order valence-corrected chi connectivity index (χ0v) is 11.9. The Hall–Kier alpha value is -1.09. The number of fused-ring (bicyclic) bond motifs is 2. The molecule has 1 aromatic heterocycles. The molecule has 0 saturated heterocycles. The monoisotopic (exact) mass is 259 g/mol. The molecule has 3 atom stereocenters. The molecule has 0 amide bonds. The van der Waals surface area contributed by atoms with Gasteiger partial charge in [-0.25, -0.2) is 4.98 Å². The summed E-state index contributed by atoms with van der Waals surface area (Å²) >= 11 is 0. The smallest absolute Gasteiger partial charge is 0.131 e. The summed E-state index contributed by atoms with van der Waals surface area (Å²) in [4.78, 5) is 6.93. The highest BCUT2D eigenvalue weighted by atomic mass is 15.2. The molecule has 3 unspecified atom stereocenters. The number of rotatable bonds is 5. The van der Waals surface area contributed by atoms with Gasteiger partial charge in [-0.3, -0.25) is 0 Å². The minimum Gasteiger partial charge on any atom is -0.359 e. The Morgan fingerprint density at radius 1 is 1.37 bits per heavy atom. The second-order valence-electron chi connectivity index (χ2n) is 6.34. The Morgan fingerprint density at radius 2 is 2.26 bits per heavy atom. The number of aromatic nitrogens is 1. The molecule has 2 bridgehead atoms. The van der Waals surface area contributed by atoms with Crippen molar-refractivity contribution in [2.75, 3.05) is 25.0 Å². The van der Waals surface area contributed by atoms with Crippen molar-refractivity contribution in [3.63, 3.8) is 0 Å². The lowest BCUT2D eigenvalue weighted by Gasteiger charge is -2.29. The predicted molar refractivity (Wildman–Crippen MR) is 79.2 cm³/mol. The fourth-order valence-electron chi connectivity index (χ4n) is 4.16. The van der Waals surface area contributed by atoms with Crippen molar-refractivity contribution in [3.8, 4) is 0 Å². The minimum atomic E-state index is 0.695. The van der Waals surface area contributed by atoms with Crippen molar-refractivity contribution in [1.29, 1.82) is 0 Å². The van der Waals surface area contributed by atoms with E-state index < -0.39 is 0 Å². The first kappa shape index (κ1) is 12.9. The number of anilines is 1. The second-order valence-corrected chi connectivity index (χ2v) is 6.34. The number of pyridine rings is 1. The van der Waals surface area contributed by atoms with E-state index in [9.17, 15) is 0 Å². The van der Waals surface area contributed by atoms with Crippen LogP contribution in [0.2, 0.25) is 0 Å². The van der Waals surface area contributed by atoms with Crippen molar-refractivity contribution < 1.29 is 0 Å². The SMILES string of the molecule is CN(CC1CC2CCC1C2)c1ncccc1CCN. The fourth-order valence-corrected chi connectivity index (χ4v) is 4.16. The van der Waals surface area contributed by atoms with Gasteiger partial charge in [0.05, 0.1) is 0 Å². The van der Waals surface area contributed by atoms with E-state index >= 15 is 0 Å². The molecular formula is C16H25N3. The predicted octanol–water partition coefficient (Wildman–Crippen LogP) is 2.46. The zero-order valence-electron chi connectivity index (χ0n) is 11.9. The third-order valence-electron chi connectivity index (χ3n) is 5.04. The van der Waals surface area contributed by atoms with Crippen LogP contribution >= 0.6 is 0 Å². The number of nitrogens with zero attached hydrogens (tertiary/aromatic N) is 2. The van der Waals surface area contributed by atoms with Gasteiger partial charge >= 0.3 is 0 Å². The first-order valence-corrected chi connectivity index (χ1v) is 7.63. The molecule has 1 heterocycles. The highest BCUT2D eigenvalue weighted by Gasteiger charge is 2.39. The average molecular weight is 259 g/mol. The molecule has 3 heteroatoms. The first-order chi connectivity index (χ1) is 9.28. The third kappa shape index (κ3) is 2.62. The molecule has 2 saturated carbocycles. The Balaban J connectivity index is 1.68. The van der Waals surface area contributed by atoms with E-state index in [1.54, 1.807) is 0 Å². The number of hydrogen-bond acceptors (Lipinski definition) is 3. The van der Waals surface area contributed by atoms with Gasteiger partial charge in [-0.05, 0) is 61.6 Å². The minimum absolute atomic E-state index is 0.695. The van der Waals surface area contributed by atoms with E-state index in [0.717, 1.165) is 36.5 Å². The molecule has 0 aromatic carbocycles. The van der Waals surface area contributed by atoms with Crippen molar-refractivity contribution >= 4 is 5.82 Å². The standard InChI is InChI=1S/C16H25N3/c1-19(11-15-10-12-4-5-14(15)9-12)16-13(6-7-17)3-2-8-18-16/h2-3,8,12,14-15H,4-7,9-11,17H2,1H3. The van der Waals surface area contributed by atoms with Crippen LogP contribution in [-0.4, -0.2) is 25.1 Å². The number of nitrogens with two attached hydrogens (primary N) is 1. The van der Waals surface area contributed by atoms with Crippen LogP contribution in [0.4, 0.5) is 5.82 Å². The normalized spacial score (nSPS) is 28.8. The van der Waals surface area contributed by atoms with Gasteiger partial charge in [0, 0.05) is 19.8 Å². The molecule has 0 spiro atoms. The average Bonchev–Trinajstić information content (AvgIpc) is 3.02. The maximum Gasteiger partial charge on any atom is 0.131 e. The van der Waals surface area contributed by atoms with Crippen LogP contribution in [0, 0.1) is 17.8 Å².